The number of nitrogens with zero attached hydrogens (tertiary/aromatic N) is 3. The minimum Gasteiger partial charge on any atom is -0.497 e. The highest BCUT2D eigenvalue weighted by Gasteiger charge is 2.29. The number of halogens is 2. The number of benzene rings is 4. The van der Waals surface area contributed by atoms with Gasteiger partial charge in [-0.25, -0.2) is 4.79 Å². The topological polar surface area (TPSA) is 149 Å². The maximum atomic E-state index is 13.4. The molecule has 0 aliphatic rings. The standard InChI is InChI=1S/C26H30ClN3O4.C19H16ClNO4.C3H4/c1-15(2)28-26(33)29(16(3)4)24(31)14-21-17(5)30(23-12-11-20(34-6)13-22(21)23)25(32)18-7-9-19(27)10-8-18;1-11-15(10-18(22)23)16-9-14(25-2)7-8-17(16)21(11)19(24)12-3-5-13(20)6-4-12;1-3-2/h7-13,15-16H,14H2,1-6H3,(H,28,33);3-9H,10H2,1-2H3,(H,22,23);1-2H2. The molecule has 6 rings (SSSR count). The van der Waals surface area contributed by atoms with E-state index >= 15 is 0 Å². The quantitative estimate of drug-likeness (QED) is 0.129. The van der Waals surface area contributed by atoms with Crippen LogP contribution in [0.2, 0.25) is 10.0 Å². The van der Waals surface area contributed by atoms with E-state index in [2.05, 4.69) is 24.2 Å². The molecule has 0 saturated carbocycles. The Morgan fingerprint density at radius 2 is 1.08 bits per heavy atom. The summed E-state index contributed by atoms with van der Waals surface area (Å²) >= 11 is 11.9. The van der Waals surface area contributed by atoms with E-state index in [-0.39, 0.29) is 42.6 Å². The van der Waals surface area contributed by atoms with Gasteiger partial charge in [0.1, 0.15) is 11.5 Å². The van der Waals surface area contributed by atoms with Crippen molar-refractivity contribution in [2.45, 2.75) is 66.5 Å². The fraction of sp³-hybridized carbons (Fsp3) is 0.250. The lowest BCUT2D eigenvalue weighted by Crippen LogP contribution is -2.50. The first-order chi connectivity index (χ1) is 29.4. The molecule has 0 radical (unpaired) electrons. The van der Waals surface area contributed by atoms with Gasteiger partial charge in [-0.2, -0.15) is 0 Å². The van der Waals surface area contributed by atoms with Gasteiger partial charge in [-0.3, -0.25) is 33.2 Å². The van der Waals surface area contributed by atoms with Crippen LogP contribution in [0.3, 0.4) is 0 Å². The molecule has 0 unspecified atom stereocenters. The molecular weight excluding hydrogens is 831 g/mol. The van der Waals surface area contributed by atoms with E-state index in [4.69, 9.17) is 32.7 Å². The van der Waals surface area contributed by atoms with Gasteiger partial charge in [0, 0.05) is 55.4 Å². The highest BCUT2D eigenvalue weighted by Crippen LogP contribution is 2.33. The SMILES string of the molecule is C=C=C.COc1ccc2c(c1)c(CC(=O)N(C(=O)NC(C)C)C(C)C)c(C)n2C(=O)c1ccc(Cl)cc1.COc1ccc2c(c1)c(CC(=O)O)c(C)n2C(=O)c1ccc(Cl)cc1. The smallest absolute Gasteiger partial charge is 0.324 e. The van der Waals surface area contributed by atoms with Gasteiger partial charge in [0.15, 0.2) is 0 Å². The Kier molecular flexibility index (Phi) is 16.5. The van der Waals surface area contributed by atoms with Gasteiger partial charge in [-0.05, 0) is 138 Å². The van der Waals surface area contributed by atoms with Crippen LogP contribution in [-0.2, 0) is 22.4 Å². The highest BCUT2D eigenvalue weighted by molar-refractivity contribution is 6.31. The van der Waals surface area contributed by atoms with Crippen molar-refractivity contribution in [2.75, 3.05) is 14.2 Å². The van der Waals surface area contributed by atoms with Crippen LogP contribution in [0.15, 0.2) is 104 Å². The number of carbonyl (C=O) groups is 5. The summed E-state index contributed by atoms with van der Waals surface area (Å²) in [7, 11) is 3.10. The van der Waals surface area contributed by atoms with Crippen LogP contribution in [0, 0.1) is 13.8 Å². The number of imide groups is 1. The normalized spacial score (nSPS) is 10.6. The number of carboxylic acid groups (broad SMARTS) is 1. The third-order valence-electron chi connectivity index (χ3n) is 9.74. The summed E-state index contributed by atoms with van der Waals surface area (Å²) in [4.78, 5) is 65.0. The van der Waals surface area contributed by atoms with Crippen LogP contribution in [0.25, 0.3) is 21.8 Å². The van der Waals surface area contributed by atoms with E-state index in [0.29, 0.717) is 71.6 Å². The average molecular weight is 882 g/mol. The number of rotatable bonds is 10. The largest absolute Gasteiger partial charge is 0.497 e. The van der Waals surface area contributed by atoms with Crippen molar-refractivity contribution in [1.29, 1.82) is 0 Å². The van der Waals surface area contributed by atoms with Crippen molar-refractivity contribution in [3.63, 3.8) is 0 Å². The van der Waals surface area contributed by atoms with Gasteiger partial charge in [0.25, 0.3) is 11.8 Å². The lowest BCUT2D eigenvalue weighted by atomic mass is 10.1. The summed E-state index contributed by atoms with van der Waals surface area (Å²) in [5.41, 5.74) is 7.00. The van der Waals surface area contributed by atoms with Gasteiger partial charge in [0.05, 0.1) is 38.1 Å². The third-order valence-corrected chi connectivity index (χ3v) is 10.2. The first-order valence-electron chi connectivity index (χ1n) is 19.5. The van der Waals surface area contributed by atoms with E-state index in [1.54, 1.807) is 125 Å². The second-order valence-corrected chi connectivity index (χ2v) is 15.5. The predicted molar refractivity (Wildman–Crippen MR) is 244 cm³/mol. The Balaban J connectivity index is 0.000000266. The van der Waals surface area contributed by atoms with Crippen molar-refractivity contribution in [3.05, 3.63) is 148 Å². The van der Waals surface area contributed by atoms with Crippen LogP contribution < -0.4 is 14.8 Å². The van der Waals surface area contributed by atoms with E-state index in [0.717, 1.165) is 5.39 Å². The Hall–Kier alpha value is -6.59. The van der Waals surface area contributed by atoms with Crippen LogP contribution in [-0.4, -0.2) is 75.2 Å². The number of amides is 3. The Morgan fingerprint density at radius 3 is 1.42 bits per heavy atom. The molecule has 4 aromatic carbocycles. The monoisotopic (exact) mass is 880 g/mol. The third kappa shape index (κ3) is 11.0. The summed E-state index contributed by atoms with van der Waals surface area (Å²) in [6, 6.07) is 23.0. The van der Waals surface area contributed by atoms with E-state index in [1.165, 1.54) is 9.47 Å². The number of carbonyl (C=O) groups excluding carboxylic acids is 4. The van der Waals surface area contributed by atoms with Crippen LogP contribution >= 0.6 is 23.2 Å². The number of aromatic nitrogens is 2. The van der Waals surface area contributed by atoms with Crippen LogP contribution in [0.5, 0.6) is 11.5 Å². The number of hydrogen-bond donors (Lipinski definition) is 2. The van der Waals surface area contributed by atoms with Gasteiger partial charge >= 0.3 is 12.0 Å². The molecule has 2 N–H and O–H groups in total. The van der Waals surface area contributed by atoms with Gasteiger partial charge in [0.2, 0.25) is 5.91 Å². The molecule has 6 aromatic rings. The predicted octanol–water partition coefficient (Wildman–Crippen LogP) is 10.1. The summed E-state index contributed by atoms with van der Waals surface area (Å²) < 4.78 is 13.8. The van der Waals surface area contributed by atoms with E-state index in [9.17, 15) is 29.1 Å². The van der Waals surface area contributed by atoms with Crippen molar-refractivity contribution < 1.29 is 38.6 Å². The zero-order valence-corrected chi connectivity index (χ0v) is 37.5. The number of methoxy groups -OCH3 is 2. The van der Waals surface area contributed by atoms with Crippen molar-refractivity contribution in [1.82, 2.24) is 19.4 Å². The summed E-state index contributed by atoms with van der Waals surface area (Å²) in [6.45, 7) is 17.1. The number of urea groups is 1. The Bertz CT molecular complexity index is 2650. The zero-order chi connectivity index (χ0) is 46.0. The molecule has 0 bridgehead atoms. The highest BCUT2D eigenvalue weighted by atomic mass is 35.5. The molecule has 2 aromatic heterocycles. The Morgan fingerprint density at radius 1 is 0.694 bits per heavy atom. The molecule has 0 atom stereocenters. The van der Waals surface area contributed by atoms with Crippen molar-refractivity contribution in [3.8, 4) is 11.5 Å². The van der Waals surface area contributed by atoms with E-state index in [1.807, 2.05) is 19.9 Å². The summed E-state index contributed by atoms with van der Waals surface area (Å²) in [5, 5.41) is 14.5. The number of fused-ring (bicyclic) bond motifs is 2. The number of aliphatic carboxylic acids is 1. The molecule has 0 aliphatic heterocycles. The van der Waals surface area contributed by atoms with Crippen LogP contribution in [0.4, 0.5) is 4.79 Å². The second kappa shape index (κ2) is 21.3. The van der Waals surface area contributed by atoms with Crippen LogP contribution in [0.1, 0.15) is 70.9 Å². The lowest BCUT2D eigenvalue weighted by Gasteiger charge is -2.26. The molecule has 3 amide bonds. The number of hydrogen-bond acceptors (Lipinski definition) is 7. The maximum absolute atomic E-state index is 13.4. The molecule has 0 aliphatic carbocycles. The molecule has 324 valence electrons. The number of ether oxygens (including phenoxy) is 2. The number of carboxylic acids is 1. The van der Waals surface area contributed by atoms with Gasteiger partial charge in [-0.1, -0.05) is 36.4 Å². The van der Waals surface area contributed by atoms with Gasteiger partial charge in [-0.15, -0.1) is 5.73 Å². The molecule has 62 heavy (non-hydrogen) atoms. The van der Waals surface area contributed by atoms with Crippen molar-refractivity contribution in [2.24, 2.45) is 0 Å². The molecule has 2 heterocycles. The molecule has 0 fully saturated rings. The molecular formula is C48H50Cl2N4O8. The molecule has 12 nitrogen and oxygen atoms in total. The second-order valence-electron chi connectivity index (χ2n) is 14.6. The number of nitrogens with one attached hydrogen (secondary N) is 1. The first kappa shape index (κ1) is 48.1. The van der Waals surface area contributed by atoms with E-state index < -0.39 is 12.0 Å². The fourth-order valence-electron chi connectivity index (χ4n) is 6.93. The lowest BCUT2D eigenvalue weighted by molar-refractivity contribution is -0.136. The summed E-state index contributed by atoms with van der Waals surface area (Å²) in [5.74, 6) is -0.561. The minimum absolute atomic E-state index is 0.0416. The first-order valence-corrected chi connectivity index (χ1v) is 20.2. The minimum atomic E-state index is -0.955. The summed E-state index contributed by atoms with van der Waals surface area (Å²) in [6.07, 6.45) is -0.212. The molecule has 0 spiro atoms. The van der Waals surface area contributed by atoms with Crippen molar-refractivity contribution >= 4 is 74.7 Å². The fourth-order valence-corrected chi connectivity index (χ4v) is 7.18. The molecule has 0 saturated heterocycles. The maximum Gasteiger partial charge on any atom is 0.324 e. The zero-order valence-electron chi connectivity index (χ0n) is 36.0. The Labute approximate surface area is 370 Å². The van der Waals surface area contributed by atoms with Gasteiger partial charge < -0.3 is 19.9 Å². The average Bonchev–Trinajstić information content (AvgIpc) is 3.65. The molecule has 14 heteroatoms.